The normalized spacial score (nSPS) is 10.0. The van der Waals surface area contributed by atoms with Crippen molar-refractivity contribution < 1.29 is 19.1 Å². The van der Waals surface area contributed by atoms with E-state index in [0.717, 1.165) is 11.3 Å². The number of hydrogen-bond acceptors (Lipinski definition) is 5. The number of nitrogens with one attached hydrogen (secondary N) is 1. The molecule has 0 radical (unpaired) electrons. The number of benzene rings is 2. The second-order valence-electron chi connectivity index (χ2n) is 5.61. The Labute approximate surface area is 147 Å². The first-order valence-electron chi connectivity index (χ1n) is 7.84. The topological polar surface area (TPSA) is 67.9 Å². The van der Waals surface area contributed by atoms with Crippen LogP contribution in [-0.4, -0.2) is 39.7 Å². The lowest BCUT2D eigenvalue weighted by Gasteiger charge is -2.13. The van der Waals surface area contributed by atoms with Crippen LogP contribution in [0.5, 0.6) is 5.75 Å². The van der Waals surface area contributed by atoms with Crippen LogP contribution in [0.2, 0.25) is 0 Å². The van der Waals surface area contributed by atoms with E-state index >= 15 is 0 Å². The maximum absolute atomic E-state index is 12.0. The van der Waals surface area contributed by atoms with E-state index in [-0.39, 0.29) is 18.1 Å². The molecule has 0 saturated heterocycles. The summed E-state index contributed by atoms with van der Waals surface area (Å²) in [6.45, 7) is 0.0331. The van der Waals surface area contributed by atoms with Crippen LogP contribution in [0, 0.1) is 0 Å². The molecular formula is C19H22N2O4. The Kier molecular flexibility index (Phi) is 6.39. The van der Waals surface area contributed by atoms with Crippen molar-refractivity contribution in [3.05, 3.63) is 59.7 Å². The third kappa shape index (κ3) is 5.24. The summed E-state index contributed by atoms with van der Waals surface area (Å²) in [6.07, 6.45) is 0. The molecule has 0 unspecified atom stereocenters. The molecule has 0 aliphatic carbocycles. The van der Waals surface area contributed by atoms with Crippen LogP contribution in [0.4, 0.5) is 5.69 Å². The van der Waals surface area contributed by atoms with Crippen LogP contribution in [0.25, 0.3) is 0 Å². The molecule has 2 aromatic carbocycles. The smallest absolute Gasteiger partial charge is 0.342 e. The highest BCUT2D eigenvalue weighted by Gasteiger charge is 2.14. The van der Waals surface area contributed by atoms with Gasteiger partial charge in [0, 0.05) is 26.3 Å². The Bertz CT molecular complexity index is 726. The first-order chi connectivity index (χ1) is 12.0. The average Bonchev–Trinajstić information content (AvgIpc) is 2.64. The van der Waals surface area contributed by atoms with Gasteiger partial charge in [-0.2, -0.15) is 0 Å². The maximum atomic E-state index is 12.0. The molecule has 0 atom stereocenters. The molecule has 0 bridgehead atoms. The van der Waals surface area contributed by atoms with Crippen LogP contribution in [-0.2, 0) is 16.1 Å². The Hall–Kier alpha value is -3.02. The summed E-state index contributed by atoms with van der Waals surface area (Å²) < 4.78 is 10.1. The summed E-state index contributed by atoms with van der Waals surface area (Å²) >= 11 is 0. The molecule has 6 nitrogen and oxygen atoms in total. The second-order valence-corrected chi connectivity index (χ2v) is 5.61. The van der Waals surface area contributed by atoms with E-state index in [1.54, 1.807) is 24.3 Å². The third-order valence-electron chi connectivity index (χ3n) is 3.60. The zero-order chi connectivity index (χ0) is 18.2. The molecule has 0 saturated carbocycles. The molecule has 0 fully saturated rings. The number of methoxy groups -OCH3 is 1. The van der Waals surface area contributed by atoms with Gasteiger partial charge in [0.05, 0.1) is 7.11 Å². The maximum Gasteiger partial charge on any atom is 0.342 e. The summed E-state index contributed by atoms with van der Waals surface area (Å²) in [5, 5.41) is 2.72. The first kappa shape index (κ1) is 18.3. The van der Waals surface area contributed by atoms with Gasteiger partial charge in [0.1, 0.15) is 11.3 Å². The van der Waals surface area contributed by atoms with Gasteiger partial charge in [-0.1, -0.05) is 24.3 Å². The van der Waals surface area contributed by atoms with Gasteiger partial charge in [-0.05, 0) is 29.8 Å². The Morgan fingerprint density at radius 3 is 2.36 bits per heavy atom. The molecule has 132 valence electrons. The van der Waals surface area contributed by atoms with Gasteiger partial charge in [0.25, 0.3) is 5.91 Å². The Balaban J connectivity index is 1.81. The molecule has 1 amide bonds. The summed E-state index contributed by atoms with van der Waals surface area (Å²) in [4.78, 5) is 25.9. The Morgan fingerprint density at radius 2 is 1.72 bits per heavy atom. The highest BCUT2D eigenvalue weighted by Crippen LogP contribution is 2.18. The van der Waals surface area contributed by atoms with E-state index in [9.17, 15) is 9.59 Å². The van der Waals surface area contributed by atoms with Crippen LogP contribution < -0.4 is 15.0 Å². The monoisotopic (exact) mass is 342 g/mol. The molecule has 0 spiro atoms. The van der Waals surface area contributed by atoms with Crippen molar-refractivity contribution in [3.63, 3.8) is 0 Å². The van der Waals surface area contributed by atoms with Crippen molar-refractivity contribution >= 4 is 17.6 Å². The van der Waals surface area contributed by atoms with Crippen molar-refractivity contribution in [2.75, 3.05) is 32.7 Å². The number of rotatable bonds is 7. The number of carbonyl (C=O) groups is 2. The number of esters is 1. The number of carbonyl (C=O) groups excluding carboxylic acids is 2. The zero-order valence-corrected chi connectivity index (χ0v) is 14.6. The fourth-order valence-corrected chi connectivity index (χ4v) is 2.19. The van der Waals surface area contributed by atoms with Crippen LogP contribution in [0.15, 0.2) is 48.5 Å². The molecule has 0 aliphatic rings. The highest BCUT2D eigenvalue weighted by atomic mass is 16.5. The number of nitrogens with zero attached hydrogens (tertiary/aromatic N) is 1. The molecule has 0 heterocycles. The zero-order valence-electron chi connectivity index (χ0n) is 14.6. The van der Waals surface area contributed by atoms with Crippen molar-refractivity contribution in [3.8, 4) is 5.75 Å². The predicted molar refractivity (Wildman–Crippen MR) is 95.9 cm³/mol. The minimum absolute atomic E-state index is 0.289. The van der Waals surface area contributed by atoms with E-state index in [2.05, 4.69) is 5.32 Å². The summed E-state index contributed by atoms with van der Waals surface area (Å²) in [5.74, 6) is -0.545. The van der Waals surface area contributed by atoms with Crippen molar-refractivity contribution in [2.45, 2.75) is 6.54 Å². The minimum atomic E-state index is -0.595. The fraction of sp³-hybridized carbons (Fsp3) is 0.263. The number of anilines is 1. The summed E-state index contributed by atoms with van der Waals surface area (Å²) in [5.41, 5.74) is 2.34. The molecule has 0 aromatic heterocycles. The summed E-state index contributed by atoms with van der Waals surface area (Å²) in [6, 6.07) is 14.5. The molecule has 25 heavy (non-hydrogen) atoms. The van der Waals surface area contributed by atoms with E-state index < -0.39 is 5.97 Å². The van der Waals surface area contributed by atoms with Crippen molar-refractivity contribution in [1.29, 1.82) is 0 Å². The third-order valence-corrected chi connectivity index (χ3v) is 3.60. The molecular weight excluding hydrogens is 320 g/mol. The fourth-order valence-electron chi connectivity index (χ4n) is 2.19. The molecule has 2 aromatic rings. The van der Waals surface area contributed by atoms with E-state index in [0.29, 0.717) is 12.3 Å². The molecule has 1 N–H and O–H groups in total. The first-order valence-corrected chi connectivity index (χ1v) is 7.84. The lowest BCUT2D eigenvalue weighted by Crippen LogP contribution is -2.28. The molecule has 2 rings (SSSR count). The van der Waals surface area contributed by atoms with E-state index in [1.807, 2.05) is 43.3 Å². The molecule has 0 aliphatic heterocycles. The molecule has 6 heteroatoms. The SMILES string of the molecule is COc1ccccc1C(=O)OCC(=O)NCc1ccc(N(C)C)cc1. The number of hydrogen-bond donors (Lipinski definition) is 1. The summed E-state index contributed by atoms with van der Waals surface area (Å²) in [7, 11) is 5.40. The van der Waals surface area contributed by atoms with Crippen molar-refractivity contribution in [1.82, 2.24) is 5.32 Å². The lowest BCUT2D eigenvalue weighted by atomic mass is 10.2. The van der Waals surface area contributed by atoms with Gasteiger partial charge >= 0.3 is 5.97 Å². The predicted octanol–water partition coefficient (Wildman–Crippen LogP) is 2.23. The lowest BCUT2D eigenvalue weighted by molar-refractivity contribution is -0.124. The van der Waals surface area contributed by atoms with Gasteiger partial charge in [0.2, 0.25) is 0 Å². The Morgan fingerprint density at radius 1 is 1.04 bits per heavy atom. The van der Waals surface area contributed by atoms with Crippen molar-refractivity contribution in [2.24, 2.45) is 0 Å². The van der Waals surface area contributed by atoms with Gasteiger partial charge < -0.3 is 19.7 Å². The second kappa shape index (κ2) is 8.73. The van der Waals surface area contributed by atoms with Gasteiger partial charge in [-0.15, -0.1) is 0 Å². The largest absolute Gasteiger partial charge is 0.496 e. The van der Waals surface area contributed by atoms with Gasteiger partial charge in [-0.3, -0.25) is 4.79 Å². The number of amides is 1. The van der Waals surface area contributed by atoms with E-state index in [1.165, 1.54) is 7.11 Å². The average molecular weight is 342 g/mol. The van der Waals surface area contributed by atoms with Crippen LogP contribution >= 0.6 is 0 Å². The number of para-hydroxylation sites is 1. The van der Waals surface area contributed by atoms with Gasteiger partial charge in [0.15, 0.2) is 6.61 Å². The minimum Gasteiger partial charge on any atom is -0.496 e. The number of ether oxygens (including phenoxy) is 2. The van der Waals surface area contributed by atoms with E-state index in [4.69, 9.17) is 9.47 Å². The standard InChI is InChI=1S/C19H22N2O4/c1-21(2)15-10-8-14(9-11-15)12-20-18(22)13-25-19(23)16-6-4-5-7-17(16)24-3/h4-11H,12-13H2,1-3H3,(H,20,22). The van der Waals surface area contributed by atoms with Gasteiger partial charge in [-0.25, -0.2) is 4.79 Å². The van der Waals surface area contributed by atoms with Crippen LogP contribution in [0.3, 0.4) is 0 Å². The quantitative estimate of drug-likeness (QED) is 0.782. The highest BCUT2D eigenvalue weighted by molar-refractivity contribution is 5.93. The van der Waals surface area contributed by atoms with Crippen LogP contribution in [0.1, 0.15) is 15.9 Å².